The van der Waals surface area contributed by atoms with Crippen LogP contribution in [-0.4, -0.2) is 22.4 Å². The van der Waals surface area contributed by atoms with Crippen molar-refractivity contribution in [2.24, 2.45) is 5.73 Å². The molecule has 3 aromatic rings. The van der Waals surface area contributed by atoms with E-state index in [2.05, 4.69) is 5.10 Å². The standard InChI is InChI=1S/C19H17F2N3O/c20-8-9-24-18-13(11-4-5-11)2-1-3-15(18)17(23-24)16-10-12(21)6-7-14(16)19(22)25/h1-3,6-7,10-11H,4-5,8-9H2,(H2,22,25). The quantitative estimate of drug-likeness (QED) is 0.767. The summed E-state index contributed by atoms with van der Waals surface area (Å²) < 4.78 is 28.5. The predicted octanol–water partition coefficient (Wildman–Crippen LogP) is 3.79. The molecule has 0 aliphatic heterocycles. The van der Waals surface area contributed by atoms with Gasteiger partial charge in [0.15, 0.2) is 0 Å². The van der Waals surface area contributed by atoms with Crippen LogP contribution in [0.15, 0.2) is 36.4 Å². The Morgan fingerprint density at radius 1 is 1.28 bits per heavy atom. The van der Waals surface area contributed by atoms with Crippen LogP contribution in [0.25, 0.3) is 22.2 Å². The maximum Gasteiger partial charge on any atom is 0.249 e. The summed E-state index contributed by atoms with van der Waals surface area (Å²) in [7, 11) is 0. The van der Waals surface area contributed by atoms with Gasteiger partial charge in [0.05, 0.1) is 12.1 Å². The SMILES string of the molecule is NC(=O)c1ccc(F)cc1-c1nn(CCF)c2c(C3CC3)cccc12. The Morgan fingerprint density at radius 2 is 2.08 bits per heavy atom. The number of fused-ring (bicyclic) bond motifs is 1. The van der Waals surface area contributed by atoms with Gasteiger partial charge < -0.3 is 5.73 Å². The first-order chi connectivity index (χ1) is 12.1. The van der Waals surface area contributed by atoms with Crippen LogP contribution >= 0.6 is 0 Å². The summed E-state index contributed by atoms with van der Waals surface area (Å²) in [5, 5.41) is 5.29. The number of hydrogen-bond acceptors (Lipinski definition) is 2. The van der Waals surface area contributed by atoms with Gasteiger partial charge in [-0.15, -0.1) is 0 Å². The zero-order valence-corrected chi connectivity index (χ0v) is 13.5. The number of amides is 1. The Balaban J connectivity index is 2.02. The summed E-state index contributed by atoms with van der Waals surface area (Å²) in [6.45, 7) is -0.442. The van der Waals surface area contributed by atoms with E-state index < -0.39 is 18.4 Å². The van der Waals surface area contributed by atoms with Crippen LogP contribution in [0.3, 0.4) is 0 Å². The molecular weight excluding hydrogens is 324 g/mol. The van der Waals surface area contributed by atoms with Crippen molar-refractivity contribution in [3.63, 3.8) is 0 Å². The monoisotopic (exact) mass is 341 g/mol. The maximum atomic E-state index is 13.8. The number of rotatable bonds is 5. The molecule has 0 spiro atoms. The lowest BCUT2D eigenvalue weighted by Crippen LogP contribution is -2.12. The first-order valence-corrected chi connectivity index (χ1v) is 8.25. The molecule has 1 aliphatic carbocycles. The molecule has 2 N–H and O–H groups in total. The highest BCUT2D eigenvalue weighted by atomic mass is 19.1. The minimum Gasteiger partial charge on any atom is -0.366 e. The van der Waals surface area contributed by atoms with Gasteiger partial charge in [-0.05, 0) is 42.5 Å². The van der Waals surface area contributed by atoms with Gasteiger partial charge in [0.2, 0.25) is 5.91 Å². The highest BCUT2D eigenvalue weighted by Crippen LogP contribution is 2.44. The number of carbonyl (C=O) groups excluding carboxylic acids is 1. The third-order valence-electron chi connectivity index (χ3n) is 4.62. The second-order valence-corrected chi connectivity index (χ2v) is 6.33. The molecule has 0 radical (unpaired) electrons. The van der Waals surface area contributed by atoms with Gasteiger partial charge in [-0.1, -0.05) is 18.2 Å². The van der Waals surface area contributed by atoms with Crippen molar-refractivity contribution in [2.75, 3.05) is 6.67 Å². The van der Waals surface area contributed by atoms with Crippen LogP contribution in [0.5, 0.6) is 0 Å². The summed E-state index contributed by atoms with van der Waals surface area (Å²) in [5.74, 6) is -0.678. The minimum atomic E-state index is -0.651. The number of primary amides is 1. The maximum absolute atomic E-state index is 13.8. The average molecular weight is 341 g/mol. The van der Waals surface area contributed by atoms with Crippen molar-refractivity contribution in [1.29, 1.82) is 0 Å². The van der Waals surface area contributed by atoms with Crippen LogP contribution in [0, 0.1) is 5.82 Å². The molecule has 1 aromatic heterocycles. The molecule has 6 heteroatoms. The molecule has 2 aromatic carbocycles. The molecule has 1 saturated carbocycles. The van der Waals surface area contributed by atoms with Crippen molar-refractivity contribution < 1.29 is 13.6 Å². The number of nitrogens with two attached hydrogens (primary N) is 1. The molecule has 25 heavy (non-hydrogen) atoms. The Bertz CT molecular complexity index is 976. The number of carbonyl (C=O) groups is 1. The zero-order chi connectivity index (χ0) is 17.6. The summed E-state index contributed by atoms with van der Waals surface area (Å²) in [4.78, 5) is 11.8. The van der Waals surface area contributed by atoms with Gasteiger partial charge in [0.1, 0.15) is 18.2 Å². The molecule has 1 amide bonds. The van der Waals surface area contributed by atoms with Gasteiger partial charge in [0.25, 0.3) is 0 Å². The number of nitrogens with zero attached hydrogens (tertiary/aromatic N) is 2. The molecule has 0 unspecified atom stereocenters. The van der Waals surface area contributed by atoms with Gasteiger partial charge >= 0.3 is 0 Å². The van der Waals surface area contributed by atoms with Crippen molar-refractivity contribution in [1.82, 2.24) is 9.78 Å². The highest BCUT2D eigenvalue weighted by Gasteiger charge is 2.28. The van der Waals surface area contributed by atoms with Gasteiger partial charge in [-0.2, -0.15) is 5.10 Å². The van der Waals surface area contributed by atoms with E-state index in [4.69, 9.17) is 5.73 Å². The smallest absolute Gasteiger partial charge is 0.249 e. The van der Waals surface area contributed by atoms with E-state index in [0.29, 0.717) is 17.2 Å². The molecule has 0 atom stereocenters. The number of aryl methyl sites for hydroxylation is 1. The summed E-state index contributed by atoms with van der Waals surface area (Å²) >= 11 is 0. The normalized spacial score (nSPS) is 14.2. The van der Waals surface area contributed by atoms with Crippen molar-refractivity contribution in [3.8, 4) is 11.3 Å². The second-order valence-electron chi connectivity index (χ2n) is 6.33. The number of alkyl halides is 1. The molecule has 1 aliphatic rings. The molecule has 0 saturated heterocycles. The van der Waals surface area contributed by atoms with Crippen LogP contribution in [0.4, 0.5) is 8.78 Å². The van der Waals surface area contributed by atoms with E-state index >= 15 is 0 Å². The average Bonchev–Trinajstić information content (AvgIpc) is 3.37. The predicted molar refractivity (Wildman–Crippen MR) is 91.6 cm³/mol. The number of aromatic nitrogens is 2. The fraction of sp³-hybridized carbons (Fsp3) is 0.263. The van der Waals surface area contributed by atoms with E-state index in [1.807, 2.05) is 18.2 Å². The zero-order valence-electron chi connectivity index (χ0n) is 13.5. The second kappa shape index (κ2) is 5.95. The number of para-hydroxylation sites is 1. The van der Waals surface area contributed by atoms with Crippen molar-refractivity contribution in [3.05, 3.63) is 53.3 Å². The van der Waals surface area contributed by atoms with Crippen molar-refractivity contribution in [2.45, 2.75) is 25.3 Å². The molecule has 1 heterocycles. The summed E-state index contributed by atoms with van der Waals surface area (Å²) in [5.41, 5.74) is 8.42. The van der Waals surface area contributed by atoms with Crippen LogP contribution in [0.1, 0.15) is 34.7 Å². The van der Waals surface area contributed by atoms with E-state index in [1.54, 1.807) is 4.68 Å². The van der Waals surface area contributed by atoms with E-state index in [1.165, 1.54) is 18.2 Å². The number of benzene rings is 2. The Kier molecular flexibility index (Phi) is 3.75. The molecular formula is C19H17F2N3O. The number of hydrogen-bond donors (Lipinski definition) is 1. The lowest BCUT2D eigenvalue weighted by Gasteiger charge is -2.06. The molecule has 128 valence electrons. The topological polar surface area (TPSA) is 60.9 Å². The van der Waals surface area contributed by atoms with E-state index in [0.717, 1.165) is 29.3 Å². The Morgan fingerprint density at radius 3 is 2.76 bits per heavy atom. The largest absolute Gasteiger partial charge is 0.366 e. The number of halogens is 2. The minimum absolute atomic E-state index is 0.113. The lowest BCUT2D eigenvalue weighted by atomic mass is 9.99. The van der Waals surface area contributed by atoms with Crippen molar-refractivity contribution >= 4 is 16.8 Å². The van der Waals surface area contributed by atoms with Crippen LogP contribution in [0.2, 0.25) is 0 Å². The Labute approximate surface area is 143 Å². The molecule has 1 fully saturated rings. The molecule has 0 bridgehead atoms. The summed E-state index contributed by atoms with van der Waals surface area (Å²) in [6.07, 6.45) is 2.20. The van der Waals surface area contributed by atoms with E-state index in [-0.39, 0.29) is 12.1 Å². The Hall–Kier alpha value is -2.76. The first-order valence-electron chi connectivity index (χ1n) is 8.25. The summed E-state index contributed by atoms with van der Waals surface area (Å²) in [6, 6.07) is 9.63. The fourth-order valence-electron chi connectivity index (χ4n) is 3.36. The van der Waals surface area contributed by atoms with Gasteiger partial charge in [-0.25, -0.2) is 8.78 Å². The van der Waals surface area contributed by atoms with E-state index in [9.17, 15) is 13.6 Å². The first kappa shape index (κ1) is 15.7. The van der Waals surface area contributed by atoms with Crippen LogP contribution < -0.4 is 5.73 Å². The lowest BCUT2D eigenvalue weighted by molar-refractivity contribution is 0.100. The van der Waals surface area contributed by atoms with Crippen LogP contribution in [-0.2, 0) is 6.54 Å². The van der Waals surface area contributed by atoms with Gasteiger partial charge in [-0.3, -0.25) is 9.48 Å². The third kappa shape index (κ3) is 2.67. The third-order valence-corrected chi connectivity index (χ3v) is 4.62. The van der Waals surface area contributed by atoms with Gasteiger partial charge in [0, 0.05) is 16.5 Å². The highest BCUT2D eigenvalue weighted by molar-refractivity contribution is 6.04. The molecule has 4 nitrogen and oxygen atoms in total. The molecule has 4 rings (SSSR count). The fourth-order valence-corrected chi connectivity index (χ4v) is 3.36.